The Morgan fingerprint density at radius 1 is 1.06 bits per heavy atom. The van der Waals surface area contributed by atoms with Gasteiger partial charge in [0.2, 0.25) is 5.76 Å². The van der Waals surface area contributed by atoms with Crippen molar-refractivity contribution in [1.29, 1.82) is 0 Å². The topological polar surface area (TPSA) is 120 Å². The van der Waals surface area contributed by atoms with Crippen molar-refractivity contribution in [3.63, 3.8) is 0 Å². The van der Waals surface area contributed by atoms with Gasteiger partial charge in [0.25, 0.3) is 11.7 Å². The molecule has 9 nitrogen and oxygen atoms in total. The maximum Gasteiger partial charge on any atom is 0.433 e. The fraction of sp³-hybridized carbons (Fsp3) is 0.0952. The summed E-state index contributed by atoms with van der Waals surface area (Å²) in [6.07, 6.45) is 0. The molecule has 11 heteroatoms. The van der Waals surface area contributed by atoms with Crippen LogP contribution in [0.4, 0.5) is 11.6 Å². The number of Topliss-reactive ketones (excluding diaryl/α,β-unsaturated/α-hetero) is 1. The molecule has 162 valence electrons. The minimum atomic E-state index is -0.823. The number of ketones is 1. The average Bonchev–Trinajstić information content (AvgIpc) is 3.34. The predicted octanol–water partition coefficient (Wildman–Crippen LogP) is 4.80. The highest BCUT2D eigenvalue weighted by Crippen LogP contribution is 2.39. The van der Waals surface area contributed by atoms with Gasteiger partial charge in [0.1, 0.15) is 11.5 Å². The summed E-state index contributed by atoms with van der Waals surface area (Å²) in [6.45, 7) is 0.116. The van der Waals surface area contributed by atoms with Gasteiger partial charge in [-0.15, -0.1) is 0 Å². The maximum absolute atomic E-state index is 12.5. The Morgan fingerprint density at radius 3 is 2.41 bits per heavy atom. The number of fused-ring (bicyclic) bond motifs is 1. The molecule has 0 unspecified atom stereocenters. The van der Waals surface area contributed by atoms with Gasteiger partial charge in [0.05, 0.1) is 23.9 Å². The van der Waals surface area contributed by atoms with Crippen LogP contribution in [0.25, 0.3) is 0 Å². The van der Waals surface area contributed by atoms with Crippen molar-refractivity contribution in [1.82, 2.24) is 0 Å². The molecule has 0 spiro atoms. The molecule has 0 N–H and O–H groups in total. The Labute approximate surface area is 197 Å². The predicted molar refractivity (Wildman–Crippen MR) is 118 cm³/mol. The number of nitrogens with zero attached hydrogens (tertiary/aromatic N) is 2. The summed E-state index contributed by atoms with van der Waals surface area (Å²) < 4.78 is 11.2. The van der Waals surface area contributed by atoms with Crippen LogP contribution in [0.2, 0.25) is 0 Å². The summed E-state index contributed by atoms with van der Waals surface area (Å²) in [5.41, 5.74) is 2.29. The molecule has 0 aliphatic carbocycles. The van der Waals surface area contributed by atoms with Crippen LogP contribution in [0.15, 0.2) is 61.9 Å². The number of benzene rings is 2. The van der Waals surface area contributed by atoms with E-state index in [1.165, 1.54) is 11.0 Å². The molecule has 0 saturated heterocycles. The summed E-state index contributed by atoms with van der Waals surface area (Å²) >= 11 is 6.73. The molecule has 0 fully saturated rings. The van der Waals surface area contributed by atoms with E-state index in [-0.39, 0.29) is 18.9 Å². The Kier molecular flexibility index (Phi) is 5.94. The largest absolute Gasteiger partial charge is 0.455 e. The summed E-state index contributed by atoms with van der Waals surface area (Å²) in [6, 6.07) is 12.6. The van der Waals surface area contributed by atoms with Crippen LogP contribution in [-0.2, 0) is 22.7 Å². The van der Waals surface area contributed by atoms with Crippen molar-refractivity contribution >= 4 is 61.1 Å². The highest BCUT2D eigenvalue weighted by molar-refractivity contribution is 9.11. The third kappa shape index (κ3) is 4.21. The first kappa shape index (κ1) is 21.9. The molecule has 0 radical (unpaired) electrons. The molecule has 0 bridgehead atoms. The number of halogens is 2. The second-order valence-corrected chi connectivity index (χ2v) is 8.56. The quantitative estimate of drug-likeness (QED) is 0.183. The molecule has 2 aromatic carbocycles. The van der Waals surface area contributed by atoms with E-state index < -0.39 is 28.5 Å². The number of nitro groups is 1. The molecule has 4 rings (SSSR count). The van der Waals surface area contributed by atoms with Gasteiger partial charge >= 0.3 is 11.9 Å². The smallest absolute Gasteiger partial charge is 0.433 e. The van der Waals surface area contributed by atoms with Crippen molar-refractivity contribution in [3.05, 3.63) is 90.0 Å². The lowest BCUT2D eigenvalue weighted by Gasteiger charge is -2.18. The zero-order chi connectivity index (χ0) is 23.0. The van der Waals surface area contributed by atoms with Crippen LogP contribution in [0.3, 0.4) is 0 Å². The number of esters is 1. The van der Waals surface area contributed by atoms with Gasteiger partial charge in [-0.3, -0.25) is 24.6 Å². The minimum absolute atomic E-state index is 0.0723. The molecule has 32 heavy (non-hydrogen) atoms. The standard InChI is InChI=1S/C21H12Br2N2O7/c22-13-7-14-18(15(23)8-13)24(20(27)19(14)26)9-11-1-3-12(4-2-11)10-31-21(28)16-5-6-17(32-16)25(29)30/h1-8H,9-10H2. The van der Waals surface area contributed by atoms with Gasteiger partial charge in [-0.25, -0.2) is 4.79 Å². The average molecular weight is 564 g/mol. The molecule has 0 saturated carbocycles. The number of anilines is 1. The number of amides is 1. The summed E-state index contributed by atoms with van der Waals surface area (Å²) in [5, 5.41) is 10.6. The highest BCUT2D eigenvalue weighted by Gasteiger charge is 2.37. The lowest BCUT2D eigenvalue weighted by Crippen LogP contribution is -2.29. The third-order valence-corrected chi connectivity index (χ3v) is 5.75. The number of carbonyl (C=O) groups is 3. The molecule has 0 atom stereocenters. The zero-order valence-electron chi connectivity index (χ0n) is 16.0. The number of hydrogen-bond donors (Lipinski definition) is 0. The maximum atomic E-state index is 12.5. The van der Waals surface area contributed by atoms with Crippen molar-refractivity contribution in [2.75, 3.05) is 4.90 Å². The highest BCUT2D eigenvalue weighted by atomic mass is 79.9. The van der Waals surface area contributed by atoms with Crippen LogP contribution >= 0.6 is 31.9 Å². The van der Waals surface area contributed by atoms with Crippen LogP contribution in [0, 0.1) is 10.1 Å². The minimum Gasteiger partial charge on any atom is -0.455 e. The first-order chi connectivity index (χ1) is 15.2. The Bertz CT molecular complexity index is 1270. The fourth-order valence-electron chi connectivity index (χ4n) is 3.18. The van der Waals surface area contributed by atoms with Gasteiger partial charge in [0, 0.05) is 8.95 Å². The molecule has 1 aliphatic rings. The Balaban J connectivity index is 1.42. The van der Waals surface area contributed by atoms with Crippen molar-refractivity contribution < 1.29 is 28.5 Å². The van der Waals surface area contributed by atoms with E-state index in [1.807, 2.05) is 0 Å². The van der Waals surface area contributed by atoms with E-state index >= 15 is 0 Å². The second-order valence-electron chi connectivity index (χ2n) is 6.79. The van der Waals surface area contributed by atoms with Crippen LogP contribution < -0.4 is 4.90 Å². The fourth-order valence-corrected chi connectivity index (χ4v) is 4.62. The summed E-state index contributed by atoms with van der Waals surface area (Å²) in [5.74, 6) is -2.80. The Morgan fingerprint density at radius 2 is 1.75 bits per heavy atom. The van der Waals surface area contributed by atoms with E-state index in [0.29, 0.717) is 25.8 Å². The Hall–Kier alpha value is -3.31. The van der Waals surface area contributed by atoms with Crippen molar-refractivity contribution in [2.45, 2.75) is 13.2 Å². The second kappa shape index (κ2) is 8.67. The monoisotopic (exact) mass is 562 g/mol. The molecule has 1 aromatic heterocycles. The number of hydrogen-bond acceptors (Lipinski definition) is 7. The molecule has 3 aromatic rings. The lowest BCUT2D eigenvalue weighted by atomic mass is 10.1. The van der Waals surface area contributed by atoms with E-state index in [9.17, 15) is 24.5 Å². The molecule has 2 heterocycles. The lowest BCUT2D eigenvalue weighted by molar-refractivity contribution is -0.402. The summed E-state index contributed by atoms with van der Waals surface area (Å²) in [4.78, 5) is 48.1. The van der Waals surface area contributed by atoms with Gasteiger partial charge in [-0.1, -0.05) is 40.2 Å². The summed E-state index contributed by atoms with van der Waals surface area (Å²) in [7, 11) is 0. The van der Waals surface area contributed by atoms with Gasteiger partial charge in [0.15, 0.2) is 0 Å². The van der Waals surface area contributed by atoms with E-state index in [0.717, 1.165) is 11.6 Å². The first-order valence-electron chi connectivity index (χ1n) is 9.09. The number of furan rings is 1. The van der Waals surface area contributed by atoms with Crippen molar-refractivity contribution in [2.24, 2.45) is 0 Å². The number of ether oxygens (including phenoxy) is 1. The first-order valence-corrected chi connectivity index (χ1v) is 10.7. The van der Waals surface area contributed by atoms with Crippen LogP contribution in [-0.4, -0.2) is 22.6 Å². The van der Waals surface area contributed by atoms with Crippen LogP contribution in [0.5, 0.6) is 0 Å². The SMILES string of the molecule is O=C(OCc1ccc(CN2C(=O)C(=O)c3cc(Br)cc(Br)c32)cc1)c1ccc([N+](=O)[O-])o1. The van der Waals surface area contributed by atoms with Gasteiger partial charge < -0.3 is 9.15 Å². The zero-order valence-corrected chi connectivity index (χ0v) is 19.2. The third-order valence-electron chi connectivity index (χ3n) is 4.69. The normalized spacial score (nSPS) is 12.8. The van der Waals surface area contributed by atoms with E-state index in [2.05, 4.69) is 31.9 Å². The molecule has 1 aliphatic heterocycles. The molecule has 1 amide bonds. The molecular weight excluding hydrogens is 552 g/mol. The van der Waals surface area contributed by atoms with Crippen molar-refractivity contribution in [3.8, 4) is 0 Å². The number of carbonyl (C=O) groups excluding carboxylic acids is 3. The van der Waals surface area contributed by atoms with Gasteiger partial charge in [-0.05, 0) is 45.3 Å². The van der Waals surface area contributed by atoms with E-state index in [1.54, 1.807) is 36.4 Å². The number of rotatable bonds is 6. The van der Waals surface area contributed by atoms with E-state index in [4.69, 9.17) is 9.15 Å². The van der Waals surface area contributed by atoms with Gasteiger partial charge in [-0.2, -0.15) is 0 Å². The molecular formula is C21H12Br2N2O7. The van der Waals surface area contributed by atoms with Crippen LogP contribution in [0.1, 0.15) is 32.0 Å².